The molecule has 0 spiro atoms. The van der Waals surface area contributed by atoms with Gasteiger partial charge in [0.1, 0.15) is 91.8 Å². The molecular formula is C90H64F28O4. The van der Waals surface area contributed by atoms with E-state index in [9.17, 15) is 123 Å². The second kappa shape index (κ2) is 40.0. The molecule has 0 fully saturated rings. The number of alkyl halides is 8. The van der Waals surface area contributed by atoms with Gasteiger partial charge in [-0.05, 0) is 154 Å². The Kier molecular flexibility index (Phi) is 30.8. The van der Waals surface area contributed by atoms with Crippen molar-refractivity contribution in [3.05, 3.63) is 355 Å². The SMILES string of the molecule is CCCCCc1ccc(-c2cc(F)c(C(F)(F)Oc3cc(F)c(F)c(F)c3)c(F)c2)cc1.CCCCc1ccc(-c2cc(F)c(C(F)(F)Oc3cc(F)c(F)c(F)c3)c(F)c2)cc1.CCCc1ccc(-c2cc(F)c(C(F)(F)Oc3cc(F)c(F)c(F)c3)c(F)c2)cc1.CCc1ccc(-c2cc(F)c(C(F)(F)Oc3cc(F)c(F)c(F)c3)c(F)c2)cc1. The second-order valence-electron chi connectivity index (χ2n) is 27.0. The molecule has 0 aliphatic heterocycles. The summed E-state index contributed by atoms with van der Waals surface area (Å²) in [5.41, 5.74) is -1.16. The predicted molar refractivity (Wildman–Crippen MR) is 396 cm³/mol. The van der Waals surface area contributed by atoms with E-state index in [2.05, 4.69) is 25.9 Å². The second-order valence-corrected chi connectivity index (χ2v) is 27.0. The molecular weight excluding hydrogens is 1680 g/mol. The zero-order valence-corrected chi connectivity index (χ0v) is 63.8. The summed E-state index contributed by atoms with van der Waals surface area (Å²) in [6, 6.07) is 33.9. The molecule has 0 atom stereocenters. The van der Waals surface area contributed by atoms with E-state index in [1.807, 2.05) is 20.8 Å². The molecule has 0 bridgehead atoms. The van der Waals surface area contributed by atoms with Crippen molar-refractivity contribution in [3.63, 3.8) is 0 Å². The first-order valence-electron chi connectivity index (χ1n) is 36.7. The van der Waals surface area contributed by atoms with Crippen LogP contribution in [0.4, 0.5) is 123 Å². The van der Waals surface area contributed by atoms with Crippen molar-refractivity contribution in [1.82, 2.24) is 0 Å². The van der Waals surface area contributed by atoms with Crippen LogP contribution in [0.25, 0.3) is 44.5 Å². The lowest BCUT2D eigenvalue weighted by atomic mass is 9.99. The molecule has 0 radical (unpaired) electrons. The third kappa shape index (κ3) is 23.3. The molecule has 644 valence electrons. The quantitative estimate of drug-likeness (QED) is 0.0308. The van der Waals surface area contributed by atoms with Crippen molar-refractivity contribution in [2.24, 2.45) is 0 Å². The van der Waals surface area contributed by atoms with E-state index in [1.165, 1.54) is 0 Å². The first-order valence-corrected chi connectivity index (χ1v) is 36.7. The van der Waals surface area contributed by atoms with Crippen LogP contribution in [0, 0.1) is 116 Å². The average Bonchev–Trinajstić information content (AvgIpc) is 0.790. The molecule has 122 heavy (non-hydrogen) atoms. The summed E-state index contributed by atoms with van der Waals surface area (Å²) in [6.45, 7) is 8.04. The number of ether oxygens (including phenoxy) is 4. The maximum Gasteiger partial charge on any atom is 0.432 e. The van der Waals surface area contributed by atoms with Crippen LogP contribution in [0.3, 0.4) is 0 Å². The predicted octanol–water partition coefficient (Wildman–Crippen LogP) is 29.3. The van der Waals surface area contributed by atoms with E-state index >= 15 is 0 Å². The number of aryl methyl sites for hydroxylation is 4. The van der Waals surface area contributed by atoms with Crippen molar-refractivity contribution in [1.29, 1.82) is 0 Å². The summed E-state index contributed by atoms with van der Waals surface area (Å²) < 4.78 is 404. The average molecular weight is 1740 g/mol. The minimum absolute atomic E-state index is 0.0149. The summed E-state index contributed by atoms with van der Waals surface area (Å²) in [7, 11) is 0. The zero-order chi connectivity index (χ0) is 89.6. The van der Waals surface area contributed by atoms with Gasteiger partial charge in [-0.2, -0.15) is 35.1 Å². The van der Waals surface area contributed by atoms with Crippen LogP contribution < -0.4 is 18.9 Å². The van der Waals surface area contributed by atoms with Gasteiger partial charge in [0, 0.05) is 48.5 Å². The van der Waals surface area contributed by atoms with Gasteiger partial charge in [0.15, 0.2) is 69.8 Å². The standard InChI is InChI=1S/C24H19F7O.C23H17F7O.C22H15F7O.C21H13F7O/c1-2-3-4-5-14-6-8-15(9-7-14)16-10-18(25)22(19(26)11-16)24(30,31)32-17-12-20(27)23(29)21(28)13-17;1-2-3-4-13-5-7-14(8-6-13)15-9-17(24)21(18(25)10-15)23(29,30)31-16-11-19(26)22(28)20(27)12-16;1-2-3-12-4-6-13(7-5-12)14-8-16(23)20(17(24)9-14)22(28,29)30-15-10-18(25)21(27)19(26)11-15;1-2-11-3-5-12(6-4-11)13-7-15(22)19(16(23)8-13)21(27,28)29-14-9-17(24)20(26)18(25)10-14/h6-13H,2-5H2,1H3;5-12H,2-4H2,1H3;4-11H,2-3H2,1H3;3-10H,2H2,1H3. The minimum atomic E-state index is -4.62. The molecule has 0 N–H and O–H groups in total. The maximum absolute atomic E-state index is 14.5. The topological polar surface area (TPSA) is 36.9 Å². The van der Waals surface area contributed by atoms with Gasteiger partial charge >= 0.3 is 24.4 Å². The Morgan fingerprint density at radius 1 is 0.197 bits per heavy atom. The molecule has 12 rings (SSSR count). The molecule has 0 amide bonds. The van der Waals surface area contributed by atoms with E-state index < -0.39 is 186 Å². The number of halogens is 28. The van der Waals surface area contributed by atoms with Crippen LogP contribution in [-0.4, -0.2) is 0 Å². The van der Waals surface area contributed by atoms with E-state index in [1.54, 1.807) is 97.1 Å². The van der Waals surface area contributed by atoms with Gasteiger partial charge in [0.2, 0.25) is 0 Å². The normalized spacial score (nSPS) is 11.6. The maximum atomic E-state index is 14.5. The molecule has 4 nitrogen and oxygen atoms in total. The van der Waals surface area contributed by atoms with Gasteiger partial charge in [-0.25, -0.2) is 87.8 Å². The first kappa shape index (κ1) is 93.7. The molecule has 0 aromatic heterocycles. The number of benzene rings is 12. The smallest absolute Gasteiger partial charge is 0.429 e. The summed E-state index contributed by atoms with van der Waals surface area (Å²) in [6.07, 6.45) is -9.16. The van der Waals surface area contributed by atoms with Crippen LogP contribution in [-0.2, 0) is 50.1 Å². The highest BCUT2D eigenvalue weighted by Gasteiger charge is 2.46. The van der Waals surface area contributed by atoms with Crippen LogP contribution in [0.5, 0.6) is 23.0 Å². The lowest BCUT2D eigenvalue weighted by molar-refractivity contribution is -0.190. The summed E-state index contributed by atoms with van der Waals surface area (Å²) in [5.74, 6) is -39.3. The fourth-order valence-corrected chi connectivity index (χ4v) is 12.0. The minimum Gasteiger partial charge on any atom is -0.429 e. The molecule has 12 aromatic rings. The van der Waals surface area contributed by atoms with Gasteiger partial charge in [-0.15, -0.1) is 0 Å². The van der Waals surface area contributed by atoms with Crippen LogP contribution >= 0.6 is 0 Å². The highest BCUT2D eigenvalue weighted by atomic mass is 19.3. The van der Waals surface area contributed by atoms with E-state index in [0.29, 0.717) is 70.8 Å². The number of rotatable bonds is 26. The molecule has 0 saturated heterocycles. The highest BCUT2D eigenvalue weighted by molar-refractivity contribution is 5.68. The molecule has 12 aromatic carbocycles. The van der Waals surface area contributed by atoms with Crippen LogP contribution in [0.15, 0.2) is 194 Å². The zero-order valence-electron chi connectivity index (χ0n) is 63.8. The van der Waals surface area contributed by atoms with Crippen molar-refractivity contribution in [3.8, 4) is 67.5 Å². The van der Waals surface area contributed by atoms with Gasteiger partial charge < -0.3 is 18.9 Å². The molecule has 32 heteroatoms. The third-order valence-corrected chi connectivity index (χ3v) is 18.1. The number of hydrogen-bond donors (Lipinski definition) is 0. The molecule has 0 saturated carbocycles. The van der Waals surface area contributed by atoms with Crippen LogP contribution in [0.2, 0.25) is 0 Å². The lowest BCUT2D eigenvalue weighted by Crippen LogP contribution is -2.25. The van der Waals surface area contributed by atoms with Gasteiger partial charge in [0.05, 0.1) is 0 Å². The van der Waals surface area contributed by atoms with Gasteiger partial charge in [-0.1, -0.05) is 150 Å². The van der Waals surface area contributed by atoms with Crippen molar-refractivity contribution >= 4 is 0 Å². The Hall–Kier alpha value is -12.1. The van der Waals surface area contributed by atoms with E-state index in [0.717, 1.165) is 86.5 Å². The van der Waals surface area contributed by atoms with Gasteiger partial charge in [-0.3, -0.25) is 0 Å². The van der Waals surface area contributed by atoms with Crippen molar-refractivity contribution < 1.29 is 142 Å². The van der Waals surface area contributed by atoms with E-state index in [4.69, 9.17) is 0 Å². The Morgan fingerprint density at radius 3 is 0.574 bits per heavy atom. The Labute approximate surface area is 678 Å². The van der Waals surface area contributed by atoms with Gasteiger partial charge in [0.25, 0.3) is 0 Å². The Bertz CT molecular complexity index is 5480. The first-order chi connectivity index (χ1) is 57.5. The Balaban J connectivity index is 0.000000185. The van der Waals surface area contributed by atoms with Crippen molar-refractivity contribution in [2.45, 2.75) is 116 Å². The summed E-state index contributed by atoms with van der Waals surface area (Å²) in [5, 5.41) is 0. The number of unbranched alkanes of at least 4 members (excludes halogenated alkanes) is 3. The lowest BCUT2D eigenvalue weighted by Gasteiger charge is -2.20. The van der Waals surface area contributed by atoms with E-state index in [-0.39, 0.29) is 70.8 Å². The monoisotopic (exact) mass is 1740 g/mol. The van der Waals surface area contributed by atoms with Crippen molar-refractivity contribution in [2.75, 3.05) is 0 Å². The van der Waals surface area contributed by atoms with Crippen LogP contribution in [0.1, 0.15) is 111 Å². The number of hydrogen-bond acceptors (Lipinski definition) is 4. The summed E-state index contributed by atoms with van der Waals surface area (Å²) in [4.78, 5) is 0. The summed E-state index contributed by atoms with van der Waals surface area (Å²) >= 11 is 0. The molecule has 0 heterocycles. The molecule has 0 unspecified atom stereocenters. The highest BCUT2D eigenvalue weighted by Crippen LogP contribution is 2.44. The molecule has 0 aliphatic rings. The third-order valence-electron chi connectivity index (χ3n) is 18.1. The fourth-order valence-electron chi connectivity index (χ4n) is 12.0. The largest absolute Gasteiger partial charge is 0.432 e. The molecule has 0 aliphatic carbocycles. The fraction of sp³-hybridized carbons (Fsp3) is 0.200. The Morgan fingerprint density at radius 2 is 0.385 bits per heavy atom.